The third-order valence-corrected chi connectivity index (χ3v) is 2.78. The highest BCUT2D eigenvalue weighted by Gasteiger charge is 2.34. The third kappa shape index (κ3) is 3.60. The van der Waals surface area contributed by atoms with E-state index in [9.17, 15) is 9.59 Å². The van der Waals surface area contributed by atoms with E-state index in [-0.39, 0.29) is 18.2 Å². The van der Waals surface area contributed by atoms with Crippen LogP contribution in [0.5, 0.6) is 0 Å². The van der Waals surface area contributed by atoms with Crippen molar-refractivity contribution in [2.75, 3.05) is 0 Å². The molecule has 2 atom stereocenters. The van der Waals surface area contributed by atoms with E-state index in [0.29, 0.717) is 12.8 Å². The monoisotopic (exact) mass is 239 g/mol. The van der Waals surface area contributed by atoms with Gasteiger partial charge in [-0.05, 0) is 47.5 Å². The maximum Gasteiger partial charge on any atom is 0.410 e. The third-order valence-electron chi connectivity index (χ3n) is 2.78. The summed E-state index contributed by atoms with van der Waals surface area (Å²) >= 11 is 0. The number of nitrogens with zero attached hydrogens (tertiary/aromatic N) is 1. The lowest BCUT2D eigenvalue weighted by Gasteiger charge is -2.39. The highest BCUT2D eigenvalue weighted by molar-refractivity contribution is 5.70. The van der Waals surface area contributed by atoms with Crippen molar-refractivity contribution < 1.29 is 14.3 Å². The summed E-state index contributed by atoms with van der Waals surface area (Å²) in [4.78, 5) is 24.4. The van der Waals surface area contributed by atoms with E-state index in [2.05, 4.69) is 0 Å². The largest absolute Gasteiger partial charge is 0.444 e. The van der Waals surface area contributed by atoms with E-state index in [0.717, 1.165) is 5.57 Å². The fourth-order valence-corrected chi connectivity index (χ4v) is 2.19. The fraction of sp³-hybridized carbons (Fsp3) is 0.769. The van der Waals surface area contributed by atoms with Gasteiger partial charge >= 0.3 is 6.09 Å². The smallest absolute Gasteiger partial charge is 0.410 e. The molecule has 1 saturated heterocycles. The van der Waals surface area contributed by atoms with Gasteiger partial charge in [0.05, 0.1) is 0 Å². The average molecular weight is 239 g/mol. The number of carbonyl (C=O) groups is 1. The van der Waals surface area contributed by atoms with Crippen molar-refractivity contribution in [1.29, 1.82) is 0 Å². The Balaban J connectivity index is 2.77. The highest BCUT2D eigenvalue weighted by atomic mass is 16.6. The van der Waals surface area contributed by atoms with Crippen LogP contribution in [0, 0.1) is 0 Å². The number of hydrogen-bond acceptors (Lipinski definition) is 3. The number of hydrogen-bond donors (Lipinski definition) is 0. The van der Waals surface area contributed by atoms with Gasteiger partial charge in [-0.15, -0.1) is 0 Å². The van der Waals surface area contributed by atoms with E-state index in [1.807, 2.05) is 40.6 Å². The van der Waals surface area contributed by atoms with Crippen LogP contribution in [0.4, 0.5) is 4.79 Å². The average Bonchev–Trinajstić information content (AvgIpc) is 2.13. The van der Waals surface area contributed by atoms with Crippen molar-refractivity contribution in [2.24, 2.45) is 0 Å². The molecule has 1 rings (SSSR count). The zero-order chi connectivity index (χ0) is 13.2. The molecule has 0 bridgehead atoms. The lowest BCUT2D eigenvalue weighted by atomic mass is 9.94. The summed E-state index contributed by atoms with van der Waals surface area (Å²) < 4.78 is 5.37. The van der Waals surface area contributed by atoms with E-state index in [1.165, 1.54) is 0 Å². The minimum absolute atomic E-state index is 0.00921. The maximum absolute atomic E-state index is 12.0. The first-order chi connectivity index (χ1) is 7.74. The van der Waals surface area contributed by atoms with Crippen LogP contribution in [-0.2, 0) is 9.53 Å². The molecule has 17 heavy (non-hydrogen) atoms. The minimum atomic E-state index is -0.489. The molecule has 0 N–H and O–H groups in total. The Morgan fingerprint density at radius 3 is 2.12 bits per heavy atom. The fourth-order valence-electron chi connectivity index (χ4n) is 2.19. The molecule has 0 aromatic heterocycles. The van der Waals surface area contributed by atoms with E-state index < -0.39 is 5.60 Å². The minimum Gasteiger partial charge on any atom is -0.444 e. The Kier molecular flexibility index (Phi) is 3.99. The van der Waals surface area contributed by atoms with Crippen LogP contribution in [0.15, 0.2) is 5.57 Å². The standard InChI is InChI=1S/C13H21NO3/c1-9-6-11(8-15)7-10(2)14(9)12(16)17-13(3,4)5/h9-10H,6-7H2,1-5H3. The van der Waals surface area contributed by atoms with Crippen LogP contribution in [0.25, 0.3) is 0 Å². The highest BCUT2D eigenvalue weighted by Crippen LogP contribution is 2.27. The van der Waals surface area contributed by atoms with Crippen molar-refractivity contribution >= 4 is 12.0 Å². The first kappa shape index (κ1) is 13.8. The van der Waals surface area contributed by atoms with Gasteiger partial charge in [0.1, 0.15) is 11.5 Å². The Morgan fingerprint density at radius 2 is 1.76 bits per heavy atom. The van der Waals surface area contributed by atoms with Gasteiger partial charge in [0, 0.05) is 17.7 Å². The van der Waals surface area contributed by atoms with Gasteiger partial charge in [0.15, 0.2) is 0 Å². The molecule has 4 nitrogen and oxygen atoms in total. The van der Waals surface area contributed by atoms with Crippen LogP contribution in [0.1, 0.15) is 47.5 Å². The lowest BCUT2D eigenvalue weighted by molar-refractivity contribution is 0.00474. The Hall–Kier alpha value is -1.28. The number of ether oxygens (including phenoxy) is 1. The maximum atomic E-state index is 12.0. The Labute approximate surface area is 103 Å². The first-order valence-corrected chi connectivity index (χ1v) is 5.98. The second-order valence-corrected chi connectivity index (χ2v) is 5.70. The number of carbonyl (C=O) groups excluding carboxylic acids is 2. The van der Waals surface area contributed by atoms with Crippen molar-refractivity contribution in [2.45, 2.75) is 65.1 Å². The van der Waals surface area contributed by atoms with E-state index >= 15 is 0 Å². The molecule has 0 radical (unpaired) electrons. The van der Waals surface area contributed by atoms with Gasteiger partial charge in [-0.1, -0.05) is 0 Å². The summed E-state index contributed by atoms with van der Waals surface area (Å²) in [7, 11) is 0. The quantitative estimate of drug-likeness (QED) is 0.610. The van der Waals surface area contributed by atoms with E-state index in [1.54, 1.807) is 4.90 Å². The van der Waals surface area contributed by atoms with Gasteiger partial charge in [0.2, 0.25) is 0 Å². The van der Waals surface area contributed by atoms with Crippen LogP contribution in [0.2, 0.25) is 0 Å². The zero-order valence-electron chi connectivity index (χ0n) is 11.2. The summed E-state index contributed by atoms with van der Waals surface area (Å²) in [6, 6.07) is -0.0184. The van der Waals surface area contributed by atoms with Gasteiger partial charge in [-0.3, -0.25) is 0 Å². The summed E-state index contributed by atoms with van der Waals surface area (Å²) in [5.74, 6) is 1.96. The molecule has 0 saturated carbocycles. The Bertz CT molecular complexity index is 336. The molecule has 1 aliphatic rings. The molecule has 0 spiro atoms. The summed E-state index contributed by atoms with van der Waals surface area (Å²) in [6.07, 6.45) is 0.877. The SMILES string of the molecule is CC1CC(=C=O)CC(C)N1C(=O)OC(C)(C)C. The molecule has 1 fully saturated rings. The normalized spacial score (nSPS) is 25.5. The Morgan fingerprint density at radius 1 is 1.29 bits per heavy atom. The molecule has 0 aliphatic carbocycles. The number of amides is 1. The molecule has 2 unspecified atom stereocenters. The molecular weight excluding hydrogens is 218 g/mol. The second kappa shape index (κ2) is 4.92. The molecule has 0 aromatic carbocycles. The van der Waals surface area contributed by atoms with Crippen LogP contribution in [0.3, 0.4) is 0 Å². The number of piperidine rings is 1. The van der Waals surface area contributed by atoms with Gasteiger partial charge < -0.3 is 9.64 Å². The molecule has 1 amide bonds. The van der Waals surface area contributed by atoms with Crippen molar-refractivity contribution in [1.82, 2.24) is 4.90 Å². The summed E-state index contributed by atoms with van der Waals surface area (Å²) in [6.45, 7) is 9.40. The first-order valence-electron chi connectivity index (χ1n) is 5.98. The molecule has 96 valence electrons. The van der Waals surface area contributed by atoms with Gasteiger partial charge in [-0.25, -0.2) is 9.59 Å². The zero-order valence-corrected chi connectivity index (χ0v) is 11.2. The number of rotatable bonds is 0. The van der Waals surface area contributed by atoms with Crippen molar-refractivity contribution in [3.05, 3.63) is 5.57 Å². The van der Waals surface area contributed by atoms with Crippen LogP contribution < -0.4 is 0 Å². The van der Waals surface area contributed by atoms with Crippen LogP contribution in [-0.4, -0.2) is 34.6 Å². The molecule has 1 heterocycles. The molecule has 1 aliphatic heterocycles. The van der Waals surface area contributed by atoms with E-state index in [4.69, 9.17) is 4.74 Å². The second-order valence-electron chi connectivity index (χ2n) is 5.70. The molecule has 4 heteroatoms. The topological polar surface area (TPSA) is 46.6 Å². The summed E-state index contributed by atoms with van der Waals surface area (Å²) in [5, 5.41) is 0. The van der Waals surface area contributed by atoms with Crippen molar-refractivity contribution in [3.8, 4) is 0 Å². The number of likely N-dealkylation sites (tertiary alicyclic amines) is 1. The van der Waals surface area contributed by atoms with Gasteiger partial charge in [0.25, 0.3) is 0 Å². The predicted octanol–water partition coefficient (Wildman–Crippen LogP) is 2.55. The predicted molar refractivity (Wildman–Crippen MR) is 65.4 cm³/mol. The molecular formula is C13H21NO3. The summed E-state index contributed by atoms with van der Waals surface area (Å²) in [5.41, 5.74) is 0.266. The van der Waals surface area contributed by atoms with Crippen molar-refractivity contribution in [3.63, 3.8) is 0 Å². The lowest BCUT2D eigenvalue weighted by Crippen LogP contribution is -2.50. The molecule has 0 aromatic rings. The van der Waals surface area contributed by atoms with Crippen LogP contribution >= 0.6 is 0 Å². The van der Waals surface area contributed by atoms with Gasteiger partial charge in [-0.2, -0.15) is 0 Å².